The van der Waals surface area contributed by atoms with E-state index in [1.165, 1.54) is 30.3 Å². The Morgan fingerprint density at radius 2 is 1.81 bits per heavy atom. The Hall–Kier alpha value is -2.40. The van der Waals surface area contributed by atoms with E-state index in [2.05, 4.69) is 0 Å². The van der Waals surface area contributed by atoms with E-state index in [9.17, 15) is 13.6 Å². The lowest BCUT2D eigenvalue weighted by molar-refractivity contribution is -0.131. The SMILES string of the molecule is O=C(O)/C=C/c1c(F)cccc1Oc1cccc(Cl)c1F. The van der Waals surface area contributed by atoms with Crippen LogP contribution in [0.2, 0.25) is 5.02 Å². The van der Waals surface area contributed by atoms with Gasteiger partial charge in [0, 0.05) is 6.08 Å². The van der Waals surface area contributed by atoms with Crippen molar-refractivity contribution in [3.05, 3.63) is 64.7 Å². The van der Waals surface area contributed by atoms with E-state index in [4.69, 9.17) is 21.4 Å². The van der Waals surface area contributed by atoms with Gasteiger partial charge in [0.25, 0.3) is 0 Å². The number of carbonyl (C=O) groups is 1. The summed E-state index contributed by atoms with van der Waals surface area (Å²) in [7, 11) is 0. The smallest absolute Gasteiger partial charge is 0.328 e. The van der Waals surface area contributed by atoms with E-state index in [1.807, 2.05) is 0 Å². The number of ether oxygens (including phenoxy) is 1. The standard InChI is InChI=1S/C15H9ClF2O3/c16-10-3-1-6-13(15(10)18)21-12-5-2-4-11(17)9(12)7-8-14(19)20/h1-8H,(H,19,20)/b8-7+. The number of hydrogen-bond acceptors (Lipinski definition) is 2. The largest absolute Gasteiger partial charge is 0.478 e. The first-order chi connectivity index (χ1) is 9.99. The normalized spacial score (nSPS) is 10.8. The van der Waals surface area contributed by atoms with Gasteiger partial charge < -0.3 is 9.84 Å². The maximum atomic E-state index is 13.8. The van der Waals surface area contributed by atoms with Gasteiger partial charge in [-0.25, -0.2) is 13.6 Å². The molecule has 108 valence electrons. The summed E-state index contributed by atoms with van der Waals surface area (Å²) in [6.07, 6.45) is 1.80. The second kappa shape index (κ2) is 6.37. The Kier molecular flexibility index (Phi) is 4.55. The maximum Gasteiger partial charge on any atom is 0.328 e. The topological polar surface area (TPSA) is 46.5 Å². The minimum absolute atomic E-state index is 0.0198. The summed E-state index contributed by atoms with van der Waals surface area (Å²) in [5.74, 6) is -2.91. The lowest BCUT2D eigenvalue weighted by atomic mass is 10.1. The van der Waals surface area contributed by atoms with Gasteiger partial charge in [0.2, 0.25) is 0 Å². The molecule has 1 N–H and O–H groups in total. The number of halogens is 3. The molecular weight excluding hydrogens is 302 g/mol. The van der Waals surface area contributed by atoms with Crippen molar-refractivity contribution in [3.8, 4) is 11.5 Å². The van der Waals surface area contributed by atoms with Gasteiger partial charge in [0.1, 0.15) is 11.6 Å². The fraction of sp³-hybridized carbons (Fsp3) is 0. The molecule has 0 aromatic heterocycles. The zero-order valence-corrected chi connectivity index (χ0v) is 11.3. The minimum atomic E-state index is -1.24. The molecule has 2 aromatic carbocycles. The highest BCUT2D eigenvalue weighted by atomic mass is 35.5. The van der Waals surface area contributed by atoms with E-state index in [1.54, 1.807) is 0 Å². The Labute approximate surface area is 124 Å². The van der Waals surface area contributed by atoms with E-state index in [0.717, 1.165) is 18.2 Å². The van der Waals surface area contributed by atoms with Crippen LogP contribution >= 0.6 is 11.6 Å². The van der Waals surface area contributed by atoms with Gasteiger partial charge in [-0.15, -0.1) is 0 Å². The van der Waals surface area contributed by atoms with Crippen molar-refractivity contribution in [1.29, 1.82) is 0 Å². The molecule has 0 aliphatic rings. The predicted octanol–water partition coefficient (Wildman–Crippen LogP) is 4.51. The second-order valence-corrected chi connectivity index (χ2v) is 4.38. The summed E-state index contributed by atoms with van der Waals surface area (Å²) in [5.41, 5.74) is -0.0979. The van der Waals surface area contributed by atoms with Gasteiger partial charge in [-0.1, -0.05) is 23.7 Å². The van der Waals surface area contributed by atoms with Crippen LogP contribution in [0.4, 0.5) is 8.78 Å². The molecule has 0 bridgehead atoms. The van der Waals surface area contributed by atoms with Crippen molar-refractivity contribution in [2.45, 2.75) is 0 Å². The zero-order valence-electron chi connectivity index (χ0n) is 10.5. The lowest BCUT2D eigenvalue weighted by Crippen LogP contribution is -1.94. The molecule has 0 atom stereocenters. The highest BCUT2D eigenvalue weighted by molar-refractivity contribution is 6.30. The molecule has 0 heterocycles. The molecule has 2 aromatic rings. The van der Waals surface area contributed by atoms with Crippen molar-refractivity contribution >= 4 is 23.6 Å². The van der Waals surface area contributed by atoms with Gasteiger partial charge >= 0.3 is 5.97 Å². The van der Waals surface area contributed by atoms with Crippen LogP contribution in [-0.4, -0.2) is 11.1 Å². The van der Waals surface area contributed by atoms with Crippen LogP contribution in [0, 0.1) is 11.6 Å². The molecule has 0 amide bonds. The lowest BCUT2D eigenvalue weighted by Gasteiger charge is -2.10. The monoisotopic (exact) mass is 310 g/mol. The van der Waals surface area contributed by atoms with Crippen LogP contribution in [0.25, 0.3) is 6.08 Å². The summed E-state index contributed by atoms with van der Waals surface area (Å²) < 4.78 is 32.8. The third kappa shape index (κ3) is 3.58. The molecule has 0 saturated carbocycles. The van der Waals surface area contributed by atoms with Gasteiger partial charge in [-0.05, 0) is 30.3 Å². The van der Waals surface area contributed by atoms with Crippen molar-refractivity contribution in [3.63, 3.8) is 0 Å². The zero-order chi connectivity index (χ0) is 15.4. The van der Waals surface area contributed by atoms with Crippen molar-refractivity contribution < 1.29 is 23.4 Å². The first kappa shape index (κ1) is 15.0. The molecule has 0 unspecified atom stereocenters. The number of benzene rings is 2. The molecule has 0 radical (unpaired) electrons. The molecule has 0 fully saturated rings. The predicted molar refractivity (Wildman–Crippen MR) is 74.6 cm³/mol. The fourth-order valence-corrected chi connectivity index (χ4v) is 1.77. The van der Waals surface area contributed by atoms with Crippen molar-refractivity contribution in [1.82, 2.24) is 0 Å². The number of rotatable bonds is 4. The van der Waals surface area contributed by atoms with Gasteiger partial charge in [-0.3, -0.25) is 0 Å². The van der Waals surface area contributed by atoms with E-state index < -0.39 is 17.6 Å². The van der Waals surface area contributed by atoms with Crippen LogP contribution in [0.1, 0.15) is 5.56 Å². The minimum Gasteiger partial charge on any atom is -0.478 e. The van der Waals surface area contributed by atoms with E-state index in [0.29, 0.717) is 0 Å². The van der Waals surface area contributed by atoms with Crippen LogP contribution in [0.5, 0.6) is 11.5 Å². The summed E-state index contributed by atoms with van der Waals surface area (Å²) in [6.45, 7) is 0. The molecule has 6 heteroatoms. The molecule has 0 spiro atoms. The number of carboxylic acid groups (broad SMARTS) is 1. The Morgan fingerprint density at radius 1 is 1.14 bits per heavy atom. The van der Waals surface area contributed by atoms with Crippen LogP contribution in [0.3, 0.4) is 0 Å². The quantitative estimate of drug-likeness (QED) is 0.845. The van der Waals surface area contributed by atoms with Crippen molar-refractivity contribution in [2.24, 2.45) is 0 Å². The van der Waals surface area contributed by atoms with E-state index in [-0.39, 0.29) is 22.1 Å². The summed E-state index contributed by atoms with van der Waals surface area (Å²) >= 11 is 5.63. The average Bonchev–Trinajstić information content (AvgIpc) is 2.43. The Balaban J connectivity index is 2.42. The van der Waals surface area contributed by atoms with Gasteiger partial charge in [0.05, 0.1) is 10.6 Å². The highest BCUT2D eigenvalue weighted by Crippen LogP contribution is 2.32. The first-order valence-electron chi connectivity index (χ1n) is 5.80. The maximum absolute atomic E-state index is 13.8. The number of hydrogen-bond donors (Lipinski definition) is 1. The van der Waals surface area contributed by atoms with Crippen LogP contribution < -0.4 is 4.74 Å². The third-order valence-corrected chi connectivity index (χ3v) is 2.83. The van der Waals surface area contributed by atoms with Crippen molar-refractivity contribution in [2.75, 3.05) is 0 Å². The van der Waals surface area contributed by atoms with E-state index >= 15 is 0 Å². The molecule has 0 aliphatic heterocycles. The molecule has 3 nitrogen and oxygen atoms in total. The van der Waals surface area contributed by atoms with Gasteiger partial charge in [-0.2, -0.15) is 0 Å². The summed E-state index contributed by atoms with van der Waals surface area (Å²) in [5, 5.41) is 8.47. The first-order valence-corrected chi connectivity index (χ1v) is 6.18. The Bertz CT molecular complexity index is 714. The Morgan fingerprint density at radius 3 is 2.52 bits per heavy atom. The molecular formula is C15H9ClF2O3. The highest BCUT2D eigenvalue weighted by Gasteiger charge is 2.12. The van der Waals surface area contributed by atoms with Crippen LogP contribution in [0.15, 0.2) is 42.5 Å². The average molecular weight is 311 g/mol. The summed E-state index contributed by atoms with van der Waals surface area (Å²) in [4.78, 5) is 10.5. The molecule has 21 heavy (non-hydrogen) atoms. The molecule has 0 saturated heterocycles. The van der Waals surface area contributed by atoms with Crippen LogP contribution in [-0.2, 0) is 4.79 Å². The second-order valence-electron chi connectivity index (χ2n) is 3.98. The number of carboxylic acids is 1. The summed E-state index contributed by atoms with van der Waals surface area (Å²) in [6, 6.07) is 8.06. The third-order valence-electron chi connectivity index (χ3n) is 2.54. The fourth-order valence-electron chi connectivity index (χ4n) is 1.60. The van der Waals surface area contributed by atoms with Gasteiger partial charge in [0.15, 0.2) is 11.6 Å². The molecule has 2 rings (SSSR count). The number of aliphatic carboxylic acids is 1. The molecule has 0 aliphatic carbocycles.